The van der Waals surface area contributed by atoms with Gasteiger partial charge in [-0.3, -0.25) is 0 Å². The molecule has 0 heteroatoms. The Kier molecular flexibility index (Phi) is 6.84. The maximum absolute atomic E-state index is 3.73. The predicted molar refractivity (Wildman–Crippen MR) is 57.3 cm³/mol. The zero-order valence-corrected chi connectivity index (χ0v) is 8.82. The van der Waals surface area contributed by atoms with Gasteiger partial charge in [0, 0.05) is 0 Å². The molecule has 0 unspecified atom stereocenters. The van der Waals surface area contributed by atoms with Crippen molar-refractivity contribution in [2.75, 3.05) is 0 Å². The highest BCUT2D eigenvalue weighted by atomic mass is 14.0. The molecule has 0 spiro atoms. The molecule has 0 aliphatic heterocycles. The van der Waals surface area contributed by atoms with Crippen molar-refractivity contribution in [3.05, 3.63) is 23.8 Å². The Balaban J connectivity index is 3.79. The van der Waals surface area contributed by atoms with Crippen molar-refractivity contribution in [2.45, 2.75) is 52.9 Å². The Bertz CT molecular complexity index is 151. The SMILES string of the molecule is C=CCC/C(C)=C(\C)CCCC. The summed E-state index contributed by atoms with van der Waals surface area (Å²) in [6, 6.07) is 0. The highest BCUT2D eigenvalue weighted by Gasteiger charge is 1.95. The van der Waals surface area contributed by atoms with E-state index in [-0.39, 0.29) is 0 Å². The van der Waals surface area contributed by atoms with Gasteiger partial charge in [-0.15, -0.1) is 6.58 Å². The zero-order chi connectivity index (χ0) is 9.40. The third-order valence-corrected chi connectivity index (χ3v) is 2.36. The van der Waals surface area contributed by atoms with Crippen LogP contribution in [0.3, 0.4) is 0 Å². The first-order valence-corrected chi connectivity index (χ1v) is 4.98. The quantitative estimate of drug-likeness (QED) is 0.510. The molecule has 0 rings (SSSR count). The molecule has 0 amide bonds. The Morgan fingerprint density at radius 3 is 2.25 bits per heavy atom. The number of unbranched alkanes of at least 4 members (excludes halogenated alkanes) is 1. The fourth-order valence-corrected chi connectivity index (χ4v) is 1.19. The molecule has 0 fully saturated rings. The van der Waals surface area contributed by atoms with E-state index in [2.05, 4.69) is 27.4 Å². The predicted octanol–water partition coefficient (Wildman–Crippen LogP) is 4.48. The summed E-state index contributed by atoms with van der Waals surface area (Å²) in [6.45, 7) is 10.5. The van der Waals surface area contributed by atoms with Crippen LogP contribution in [0.5, 0.6) is 0 Å². The molecule has 12 heavy (non-hydrogen) atoms. The Hall–Kier alpha value is -0.520. The summed E-state index contributed by atoms with van der Waals surface area (Å²) in [6.07, 6.45) is 8.22. The molecule has 0 aliphatic rings. The second-order valence-corrected chi connectivity index (χ2v) is 3.49. The van der Waals surface area contributed by atoms with Gasteiger partial charge in [0.1, 0.15) is 0 Å². The molecule has 0 radical (unpaired) electrons. The number of hydrogen-bond acceptors (Lipinski definition) is 0. The van der Waals surface area contributed by atoms with Crippen molar-refractivity contribution >= 4 is 0 Å². The van der Waals surface area contributed by atoms with E-state index < -0.39 is 0 Å². The summed E-state index contributed by atoms with van der Waals surface area (Å²) < 4.78 is 0. The Labute approximate surface area is 77.4 Å². The second kappa shape index (κ2) is 7.15. The minimum Gasteiger partial charge on any atom is -0.103 e. The molecule has 0 N–H and O–H groups in total. The first-order chi connectivity index (χ1) is 5.72. The minimum atomic E-state index is 1.12. The largest absolute Gasteiger partial charge is 0.103 e. The monoisotopic (exact) mass is 166 g/mol. The summed E-state index contributed by atoms with van der Waals surface area (Å²) in [7, 11) is 0. The lowest BCUT2D eigenvalue weighted by atomic mass is 10.0. The van der Waals surface area contributed by atoms with Crippen molar-refractivity contribution in [1.29, 1.82) is 0 Å². The second-order valence-electron chi connectivity index (χ2n) is 3.49. The smallest absolute Gasteiger partial charge is 0.0286 e. The van der Waals surface area contributed by atoms with Crippen LogP contribution in [0.25, 0.3) is 0 Å². The summed E-state index contributed by atoms with van der Waals surface area (Å²) in [5.41, 5.74) is 3.14. The molecule has 70 valence electrons. The van der Waals surface area contributed by atoms with Gasteiger partial charge in [-0.05, 0) is 39.5 Å². The first kappa shape index (κ1) is 11.5. The van der Waals surface area contributed by atoms with Crippen molar-refractivity contribution in [1.82, 2.24) is 0 Å². The van der Waals surface area contributed by atoms with E-state index in [4.69, 9.17) is 0 Å². The third kappa shape index (κ3) is 5.17. The van der Waals surface area contributed by atoms with Gasteiger partial charge in [0.05, 0.1) is 0 Å². The van der Waals surface area contributed by atoms with Crippen molar-refractivity contribution in [3.63, 3.8) is 0 Å². The average Bonchev–Trinajstić information content (AvgIpc) is 2.10. The summed E-state index contributed by atoms with van der Waals surface area (Å²) >= 11 is 0. The van der Waals surface area contributed by atoms with Crippen molar-refractivity contribution in [2.24, 2.45) is 0 Å². The summed E-state index contributed by atoms with van der Waals surface area (Å²) in [5, 5.41) is 0. The van der Waals surface area contributed by atoms with Gasteiger partial charge in [-0.1, -0.05) is 30.6 Å². The molecule has 0 atom stereocenters. The molecule has 0 saturated carbocycles. The molecule has 0 aromatic carbocycles. The van der Waals surface area contributed by atoms with Crippen LogP contribution in [0.2, 0.25) is 0 Å². The maximum Gasteiger partial charge on any atom is -0.0286 e. The van der Waals surface area contributed by atoms with Gasteiger partial charge in [-0.25, -0.2) is 0 Å². The fourth-order valence-electron chi connectivity index (χ4n) is 1.19. The number of rotatable bonds is 6. The topological polar surface area (TPSA) is 0 Å². The van der Waals surface area contributed by atoms with Gasteiger partial charge < -0.3 is 0 Å². The molecule has 0 saturated heterocycles. The van der Waals surface area contributed by atoms with Gasteiger partial charge in [0.25, 0.3) is 0 Å². The lowest BCUT2D eigenvalue weighted by molar-refractivity contribution is 0.772. The van der Waals surface area contributed by atoms with E-state index in [9.17, 15) is 0 Å². The summed E-state index contributed by atoms with van der Waals surface area (Å²) in [5.74, 6) is 0. The van der Waals surface area contributed by atoms with Crippen LogP contribution in [-0.4, -0.2) is 0 Å². The van der Waals surface area contributed by atoms with Gasteiger partial charge in [0.15, 0.2) is 0 Å². The number of hydrogen-bond donors (Lipinski definition) is 0. The van der Waals surface area contributed by atoms with Crippen LogP contribution < -0.4 is 0 Å². The minimum absolute atomic E-state index is 1.12. The number of allylic oxidation sites excluding steroid dienone is 3. The molecule has 0 nitrogen and oxygen atoms in total. The lowest BCUT2D eigenvalue weighted by Crippen LogP contribution is -1.85. The van der Waals surface area contributed by atoms with Gasteiger partial charge in [0.2, 0.25) is 0 Å². The van der Waals surface area contributed by atoms with Crippen LogP contribution in [0.15, 0.2) is 23.8 Å². The zero-order valence-electron chi connectivity index (χ0n) is 8.82. The molecule has 0 aliphatic carbocycles. The van der Waals surface area contributed by atoms with E-state index in [1.807, 2.05) is 6.08 Å². The van der Waals surface area contributed by atoms with Crippen LogP contribution >= 0.6 is 0 Å². The highest BCUT2D eigenvalue weighted by Crippen LogP contribution is 2.15. The highest BCUT2D eigenvalue weighted by molar-refractivity contribution is 5.09. The Morgan fingerprint density at radius 1 is 1.17 bits per heavy atom. The average molecular weight is 166 g/mol. The van der Waals surface area contributed by atoms with Gasteiger partial charge in [-0.2, -0.15) is 0 Å². The van der Waals surface area contributed by atoms with Crippen LogP contribution in [0, 0.1) is 0 Å². The standard InChI is InChI=1S/C12H22/c1-5-7-9-11(3)12(4)10-8-6-2/h5H,1,6-10H2,2-4H3/b12-11+. The molecule has 0 aromatic rings. The molecule has 0 bridgehead atoms. The van der Waals surface area contributed by atoms with E-state index in [1.54, 1.807) is 11.1 Å². The fraction of sp³-hybridized carbons (Fsp3) is 0.667. The van der Waals surface area contributed by atoms with E-state index in [0.717, 1.165) is 6.42 Å². The van der Waals surface area contributed by atoms with Crippen molar-refractivity contribution < 1.29 is 0 Å². The van der Waals surface area contributed by atoms with E-state index >= 15 is 0 Å². The van der Waals surface area contributed by atoms with Crippen LogP contribution in [0.4, 0.5) is 0 Å². The first-order valence-electron chi connectivity index (χ1n) is 4.98. The summed E-state index contributed by atoms with van der Waals surface area (Å²) in [4.78, 5) is 0. The molecular weight excluding hydrogens is 144 g/mol. The maximum atomic E-state index is 3.73. The van der Waals surface area contributed by atoms with E-state index in [0.29, 0.717) is 0 Å². The molecular formula is C12H22. The lowest BCUT2D eigenvalue weighted by Gasteiger charge is -2.05. The van der Waals surface area contributed by atoms with Crippen LogP contribution in [-0.2, 0) is 0 Å². The third-order valence-electron chi connectivity index (χ3n) is 2.36. The van der Waals surface area contributed by atoms with Gasteiger partial charge >= 0.3 is 0 Å². The van der Waals surface area contributed by atoms with Crippen molar-refractivity contribution in [3.8, 4) is 0 Å². The van der Waals surface area contributed by atoms with E-state index in [1.165, 1.54) is 25.7 Å². The Morgan fingerprint density at radius 2 is 1.75 bits per heavy atom. The molecule has 0 heterocycles. The normalized spacial score (nSPS) is 12.6. The van der Waals surface area contributed by atoms with Crippen LogP contribution in [0.1, 0.15) is 52.9 Å². The molecule has 0 aromatic heterocycles.